The summed E-state index contributed by atoms with van der Waals surface area (Å²) in [6.07, 6.45) is -4.55. The minimum atomic E-state index is -4.55. The average molecular weight is 459 g/mol. The Hall–Kier alpha value is -2.91. The molecule has 32 heavy (non-hydrogen) atoms. The van der Waals surface area contributed by atoms with Gasteiger partial charge in [-0.3, -0.25) is 14.4 Å². The fourth-order valence-corrected chi connectivity index (χ4v) is 5.33. The predicted octanol–water partition coefficient (Wildman–Crippen LogP) is 4.76. The first-order chi connectivity index (χ1) is 15.3. The summed E-state index contributed by atoms with van der Waals surface area (Å²) in [6, 6.07) is 15.9. The Balaban J connectivity index is 1.29. The molecule has 1 saturated heterocycles. The highest BCUT2D eigenvalue weighted by Gasteiger charge is 2.38. The highest BCUT2D eigenvalue weighted by atomic mass is 32.1. The molecule has 9 heteroatoms. The zero-order valence-corrected chi connectivity index (χ0v) is 18.2. The number of carbonyl (C=O) groups excluding carboxylic acids is 1. The highest BCUT2D eigenvalue weighted by molar-refractivity contribution is 7.20. The standard InChI is InChI=1S/C23H21F3N4OS/c1-28-22-18(20(27-28)23(24,25)26)13-19(32-22)21(31)30-11-9-29(10-12-30)14-16-7-4-6-15-5-2-3-8-17(15)16/h2-8,13H,9-12,14H2,1H3. The van der Waals surface area contributed by atoms with Crippen LogP contribution in [-0.2, 0) is 19.8 Å². The molecule has 0 atom stereocenters. The van der Waals surface area contributed by atoms with Crippen molar-refractivity contribution in [3.8, 4) is 0 Å². The SMILES string of the molecule is Cn1nc(C(F)(F)F)c2cc(C(=O)N3CCN(Cc4cccc5ccccc45)CC3)sc21. The molecule has 1 amide bonds. The van der Waals surface area contributed by atoms with Gasteiger partial charge < -0.3 is 4.90 Å². The topological polar surface area (TPSA) is 41.4 Å². The van der Waals surface area contributed by atoms with Crippen LogP contribution < -0.4 is 0 Å². The number of aromatic nitrogens is 2. The molecule has 1 aliphatic rings. The minimum Gasteiger partial charge on any atom is -0.335 e. The summed E-state index contributed by atoms with van der Waals surface area (Å²) >= 11 is 1.06. The van der Waals surface area contributed by atoms with Crippen molar-refractivity contribution in [1.29, 1.82) is 0 Å². The average Bonchev–Trinajstić information content (AvgIpc) is 3.34. The maximum atomic E-state index is 13.2. The van der Waals surface area contributed by atoms with Crippen molar-refractivity contribution in [2.75, 3.05) is 26.2 Å². The van der Waals surface area contributed by atoms with Crippen molar-refractivity contribution in [2.24, 2.45) is 7.05 Å². The molecule has 0 radical (unpaired) electrons. The normalized spacial score (nSPS) is 15.7. The van der Waals surface area contributed by atoms with Crippen LogP contribution in [0.25, 0.3) is 21.0 Å². The van der Waals surface area contributed by atoms with Gasteiger partial charge in [-0.25, -0.2) is 0 Å². The number of piperazine rings is 1. The van der Waals surface area contributed by atoms with E-state index in [9.17, 15) is 18.0 Å². The zero-order chi connectivity index (χ0) is 22.5. The van der Waals surface area contributed by atoms with Crippen molar-refractivity contribution in [3.05, 3.63) is 64.7 Å². The Morgan fingerprint density at radius 3 is 2.50 bits per heavy atom. The molecule has 1 aliphatic heterocycles. The van der Waals surface area contributed by atoms with Gasteiger partial charge in [0, 0.05) is 45.2 Å². The number of fused-ring (bicyclic) bond motifs is 2. The molecule has 0 N–H and O–H groups in total. The number of nitrogens with zero attached hydrogens (tertiary/aromatic N) is 4. The van der Waals surface area contributed by atoms with Crippen LogP contribution in [0.5, 0.6) is 0 Å². The molecule has 5 rings (SSSR count). The van der Waals surface area contributed by atoms with Crippen LogP contribution >= 0.6 is 11.3 Å². The van der Waals surface area contributed by atoms with Crippen LogP contribution in [0.2, 0.25) is 0 Å². The van der Waals surface area contributed by atoms with E-state index in [-0.39, 0.29) is 11.3 Å². The van der Waals surface area contributed by atoms with Gasteiger partial charge in [0.05, 0.1) is 4.88 Å². The van der Waals surface area contributed by atoms with Gasteiger partial charge in [-0.15, -0.1) is 11.3 Å². The van der Waals surface area contributed by atoms with Crippen molar-refractivity contribution in [3.63, 3.8) is 0 Å². The van der Waals surface area contributed by atoms with E-state index in [1.807, 2.05) is 12.1 Å². The molecule has 3 heterocycles. The zero-order valence-electron chi connectivity index (χ0n) is 17.4. The van der Waals surface area contributed by atoms with Crippen LogP contribution in [-0.4, -0.2) is 51.7 Å². The first-order valence-corrected chi connectivity index (χ1v) is 11.1. The summed E-state index contributed by atoms with van der Waals surface area (Å²) < 4.78 is 40.9. The van der Waals surface area contributed by atoms with Crippen molar-refractivity contribution < 1.29 is 18.0 Å². The fraction of sp³-hybridized carbons (Fsp3) is 0.304. The first-order valence-electron chi connectivity index (χ1n) is 10.3. The number of thiophene rings is 1. The Morgan fingerprint density at radius 1 is 1.03 bits per heavy atom. The van der Waals surface area contributed by atoms with Gasteiger partial charge in [-0.1, -0.05) is 42.5 Å². The number of amides is 1. The van der Waals surface area contributed by atoms with Gasteiger partial charge in [-0.05, 0) is 22.4 Å². The third kappa shape index (κ3) is 3.75. The van der Waals surface area contributed by atoms with Crippen LogP contribution in [0.1, 0.15) is 20.9 Å². The molecular weight excluding hydrogens is 437 g/mol. The van der Waals surface area contributed by atoms with Crippen molar-refractivity contribution in [1.82, 2.24) is 19.6 Å². The lowest BCUT2D eigenvalue weighted by Gasteiger charge is -2.34. The van der Waals surface area contributed by atoms with Crippen LogP contribution in [0.15, 0.2) is 48.5 Å². The Morgan fingerprint density at radius 2 is 1.75 bits per heavy atom. The van der Waals surface area contributed by atoms with Gasteiger partial charge in [0.1, 0.15) is 4.83 Å². The largest absolute Gasteiger partial charge is 0.435 e. The van der Waals surface area contributed by atoms with E-state index in [4.69, 9.17) is 0 Å². The summed E-state index contributed by atoms with van der Waals surface area (Å²) in [6.45, 7) is 3.32. The number of carbonyl (C=O) groups is 1. The van der Waals surface area contributed by atoms with E-state index < -0.39 is 11.9 Å². The van der Waals surface area contributed by atoms with E-state index >= 15 is 0 Å². The van der Waals surface area contributed by atoms with Gasteiger partial charge >= 0.3 is 6.18 Å². The molecule has 0 bridgehead atoms. The van der Waals surface area contributed by atoms with Gasteiger partial charge in [0.25, 0.3) is 5.91 Å². The monoisotopic (exact) mass is 458 g/mol. The van der Waals surface area contributed by atoms with Gasteiger partial charge in [-0.2, -0.15) is 18.3 Å². The van der Waals surface area contributed by atoms with E-state index in [1.165, 1.54) is 34.1 Å². The van der Waals surface area contributed by atoms with E-state index in [0.29, 0.717) is 22.8 Å². The molecule has 0 unspecified atom stereocenters. The van der Waals surface area contributed by atoms with Crippen molar-refractivity contribution >= 4 is 38.2 Å². The molecule has 1 fully saturated rings. The molecular formula is C23H21F3N4OS. The minimum absolute atomic E-state index is 0.0112. The lowest BCUT2D eigenvalue weighted by Crippen LogP contribution is -2.48. The van der Waals surface area contributed by atoms with Gasteiger partial charge in [0.2, 0.25) is 0 Å². The van der Waals surface area contributed by atoms with Crippen LogP contribution in [0, 0.1) is 0 Å². The lowest BCUT2D eigenvalue weighted by atomic mass is 10.0. The van der Waals surface area contributed by atoms with Crippen LogP contribution in [0.4, 0.5) is 13.2 Å². The van der Waals surface area contributed by atoms with E-state index in [2.05, 4.69) is 40.3 Å². The molecule has 0 saturated carbocycles. The summed E-state index contributed by atoms with van der Waals surface area (Å²) in [5.41, 5.74) is 0.310. The Labute approximate surface area is 186 Å². The molecule has 5 nitrogen and oxygen atoms in total. The molecule has 4 aromatic rings. The molecule has 0 spiro atoms. The fourth-order valence-electron chi connectivity index (χ4n) is 4.29. The second-order valence-electron chi connectivity index (χ2n) is 8.01. The smallest absolute Gasteiger partial charge is 0.335 e. The first kappa shape index (κ1) is 21.0. The van der Waals surface area contributed by atoms with E-state index in [0.717, 1.165) is 31.0 Å². The summed E-state index contributed by atoms with van der Waals surface area (Å²) in [4.78, 5) is 17.7. The van der Waals surface area contributed by atoms with E-state index in [1.54, 1.807) is 4.90 Å². The maximum Gasteiger partial charge on any atom is 0.435 e. The maximum absolute atomic E-state index is 13.2. The number of rotatable bonds is 3. The van der Waals surface area contributed by atoms with Gasteiger partial charge in [0.15, 0.2) is 5.69 Å². The highest BCUT2D eigenvalue weighted by Crippen LogP contribution is 2.37. The number of aryl methyl sites for hydroxylation is 1. The lowest BCUT2D eigenvalue weighted by molar-refractivity contribution is -0.140. The molecule has 166 valence electrons. The number of hydrogen-bond acceptors (Lipinski definition) is 4. The summed E-state index contributed by atoms with van der Waals surface area (Å²) in [5.74, 6) is -0.218. The molecule has 2 aromatic carbocycles. The summed E-state index contributed by atoms with van der Waals surface area (Å²) in [5, 5.41) is 6.00. The third-order valence-corrected chi connectivity index (χ3v) is 7.11. The second-order valence-corrected chi connectivity index (χ2v) is 9.04. The predicted molar refractivity (Wildman–Crippen MR) is 119 cm³/mol. The number of halogens is 3. The Kier molecular flexibility index (Phi) is 5.17. The molecule has 2 aromatic heterocycles. The quantitative estimate of drug-likeness (QED) is 0.444. The third-order valence-electron chi connectivity index (χ3n) is 5.92. The Bertz CT molecular complexity index is 1300. The van der Waals surface area contributed by atoms with Crippen LogP contribution in [0.3, 0.4) is 0 Å². The second kappa shape index (κ2) is 7.90. The number of hydrogen-bond donors (Lipinski definition) is 0. The molecule has 0 aliphatic carbocycles. The summed E-state index contributed by atoms with van der Waals surface area (Å²) in [7, 11) is 1.47. The van der Waals surface area contributed by atoms with Crippen molar-refractivity contribution in [2.45, 2.75) is 12.7 Å². The number of benzene rings is 2. The number of alkyl halides is 3.